The van der Waals surface area contributed by atoms with Crippen LogP contribution in [-0.2, 0) is 9.59 Å². The normalized spacial score (nSPS) is 10.4. The Morgan fingerprint density at radius 2 is 1.80 bits per heavy atom. The van der Waals surface area contributed by atoms with Crippen molar-refractivity contribution in [2.24, 2.45) is 0 Å². The average molecular weight is 383 g/mol. The van der Waals surface area contributed by atoms with Crippen LogP contribution in [0, 0.1) is 17.5 Å². The molecule has 0 radical (unpaired) electrons. The third kappa shape index (κ3) is 8.22. The summed E-state index contributed by atoms with van der Waals surface area (Å²) in [5, 5.41) is 10.8. The number of anilines is 1. The van der Waals surface area contributed by atoms with Crippen molar-refractivity contribution in [3.05, 3.63) is 29.6 Å². The van der Waals surface area contributed by atoms with E-state index >= 15 is 0 Å². The van der Waals surface area contributed by atoms with Gasteiger partial charge in [0.2, 0.25) is 5.91 Å². The average Bonchev–Trinajstić information content (AvgIpc) is 2.52. The van der Waals surface area contributed by atoms with Gasteiger partial charge in [-0.05, 0) is 44.5 Å². The summed E-state index contributed by atoms with van der Waals surface area (Å²) in [7, 11) is 0. The molecule has 1 aromatic carbocycles. The zero-order valence-electron chi connectivity index (χ0n) is 13.9. The molecule has 9 heteroatoms. The van der Waals surface area contributed by atoms with E-state index in [1.54, 1.807) is 4.90 Å². The van der Waals surface area contributed by atoms with Crippen LogP contribution in [0.1, 0.15) is 32.6 Å². The zero-order valence-corrected chi connectivity index (χ0v) is 14.7. The molecule has 0 atom stereocenters. The number of nitrogens with zero attached hydrogens (tertiary/aromatic N) is 1. The molecular formula is C16H22ClF3N2O3. The first-order chi connectivity index (χ1) is 11.3. The molecule has 1 amide bonds. The van der Waals surface area contributed by atoms with Crippen LogP contribution in [0.4, 0.5) is 18.9 Å². The Labute approximate surface area is 150 Å². The summed E-state index contributed by atoms with van der Waals surface area (Å²) in [5.74, 6) is -5.81. The lowest BCUT2D eigenvalue weighted by atomic mass is 10.2. The van der Waals surface area contributed by atoms with Crippen molar-refractivity contribution in [1.29, 1.82) is 0 Å². The lowest BCUT2D eigenvalue weighted by Crippen LogP contribution is -2.34. The molecule has 0 aliphatic carbocycles. The van der Waals surface area contributed by atoms with Gasteiger partial charge in [0.05, 0.1) is 12.2 Å². The van der Waals surface area contributed by atoms with E-state index in [0.29, 0.717) is 25.9 Å². The maximum atomic E-state index is 13.5. The lowest BCUT2D eigenvalue weighted by Gasteiger charge is -2.21. The highest BCUT2D eigenvalue weighted by Gasteiger charge is 2.16. The van der Waals surface area contributed by atoms with Gasteiger partial charge in [-0.15, -0.1) is 12.4 Å². The smallest absolute Gasteiger partial charge is 0.303 e. The number of benzene rings is 1. The fraction of sp³-hybridized carbons (Fsp3) is 0.500. The predicted octanol–water partition coefficient (Wildman–Crippen LogP) is 3.43. The molecule has 0 saturated carbocycles. The molecule has 0 aliphatic heterocycles. The predicted molar refractivity (Wildman–Crippen MR) is 90.4 cm³/mol. The zero-order chi connectivity index (χ0) is 18.1. The van der Waals surface area contributed by atoms with Crippen molar-refractivity contribution in [3.63, 3.8) is 0 Å². The largest absolute Gasteiger partial charge is 0.481 e. The first-order valence-corrected chi connectivity index (χ1v) is 7.72. The Balaban J connectivity index is 0.00000576. The third-order valence-electron chi connectivity index (χ3n) is 3.33. The Bertz CT molecular complexity index is 588. The van der Waals surface area contributed by atoms with Crippen molar-refractivity contribution in [2.75, 3.05) is 25.0 Å². The van der Waals surface area contributed by atoms with Crippen molar-refractivity contribution in [3.8, 4) is 0 Å². The molecule has 2 N–H and O–H groups in total. The van der Waals surface area contributed by atoms with Crippen molar-refractivity contribution < 1.29 is 27.9 Å². The second-order valence-corrected chi connectivity index (χ2v) is 5.40. The maximum Gasteiger partial charge on any atom is 0.303 e. The van der Waals surface area contributed by atoms with E-state index in [0.717, 1.165) is 18.6 Å². The lowest BCUT2D eigenvalue weighted by molar-refractivity contribution is -0.137. The number of aliphatic carboxylic acids is 1. The summed E-state index contributed by atoms with van der Waals surface area (Å²) < 4.78 is 39.5. The molecular weight excluding hydrogens is 361 g/mol. The summed E-state index contributed by atoms with van der Waals surface area (Å²) in [4.78, 5) is 24.2. The van der Waals surface area contributed by atoms with E-state index in [2.05, 4.69) is 5.32 Å². The van der Waals surface area contributed by atoms with Crippen molar-refractivity contribution in [2.45, 2.75) is 32.6 Å². The first-order valence-electron chi connectivity index (χ1n) is 7.72. The quantitative estimate of drug-likeness (QED) is 0.480. The molecule has 1 rings (SSSR count). The van der Waals surface area contributed by atoms with Crippen LogP contribution < -0.4 is 5.32 Å². The summed E-state index contributed by atoms with van der Waals surface area (Å²) >= 11 is 0. The number of hydrogen-bond acceptors (Lipinski definition) is 3. The number of carboxylic acids is 1. The molecule has 0 aliphatic rings. The SMILES string of the molecule is CCCN(CCCCC(=O)O)CC(=O)Nc1ccc(F)c(F)c1F.Cl. The fourth-order valence-corrected chi connectivity index (χ4v) is 2.21. The molecule has 0 heterocycles. The maximum absolute atomic E-state index is 13.5. The van der Waals surface area contributed by atoms with Crippen LogP contribution in [-0.4, -0.2) is 41.5 Å². The highest BCUT2D eigenvalue weighted by Crippen LogP contribution is 2.19. The van der Waals surface area contributed by atoms with Crippen LogP contribution in [0.15, 0.2) is 12.1 Å². The minimum absolute atomic E-state index is 0. The molecule has 5 nitrogen and oxygen atoms in total. The van der Waals surface area contributed by atoms with Gasteiger partial charge in [0.15, 0.2) is 17.5 Å². The van der Waals surface area contributed by atoms with E-state index in [9.17, 15) is 22.8 Å². The van der Waals surface area contributed by atoms with E-state index < -0.39 is 35.0 Å². The number of carboxylic acid groups (broad SMARTS) is 1. The third-order valence-corrected chi connectivity index (χ3v) is 3.33. The summed E-state index contributed by atoms with van der Waals surface area (Å²) in [5.41, 5.74) is -0.416. The second kappa shape index (κ2) is 11.7. The summed E-state index contributed by atoms with van der Waals surface area (Å²) in [6.07, 6.45) is 1.95. The molecule has 0 unspecified atom stereocenters. The van der Waals surface area contributed by atoms with Gasteiger partial charge < -0.3 is 10.4 Å². The molecule has 0 saturated heterocycles. The number of halogens is 4. The Morgan fingerprint density at radius 1 is 1.12 bits per heavy atom. The Morgan fingerprint density at radius 3 is 2.40 bits per heavy atom. The molecule has 0 aromatic heterocycles. The second-order valence-electron chi connectivity index (χ2n) is 5.40. The van der Waals surface area contributed by atoms with Crippen LogP contribution in [0.3, 0.4) is 0 Å². The van der Waals surface area contributed by atoms with Gasteiger partial charge in [-0.1, -0.05) is 6.92 Å². The topological polar surface area (TPSA) is 69.6 Å². The van der Waals surface area contributed by atoms with Crippen LogP contribution in [0.5, 0.6) is 0 Å². The van der Waals surface area contributed by atoms with E-state index in [1.807, 2.05) is 6.92 Å². The number of carbonyl (C=O) groups excluding carboxylic acids is 1. The monoisotopic (exact) mass is 382 g/mol. The standard InChI is InChI=1S/C16H21F3N2O3.ClH/c1-2-8-21(9-4-3-5-14(23)24)10-13(22)20-12-7-6-11(17)15(18)16(12)19;/h6-7H,2-5,8-10H2,1H3,(H,20,22)(H,23,24);1H. The van der Waals surface area contributed by atoms with Gasteiger partial charge in [-0.3, -0.25) is 14.5 Å². The Kier molecular flexibility index (Phi) is 10.9. The highest BCUT2D eigenvalue weighted by molar-refractivity contribution is 5.92. The molecule has 0 spiro atoms. The van der Waals surface area contributed by atoms with Crippen LogP contribution >= 0.6 is 12.4 Å². The van der Waals surface area contributed by atoms with E-state index in [1.165, 1.54) is 0 Å². The first kappa shape index (κ1) is 23.2. The van der Waals surface area contributed by atoms with E-state index in [4.69, 9.17) is 5.11 Å². The number of amides is 1. The molecule has 0 bridgehead atoms. The minimum Gasteiger partial charge on any atom is -0.481 e. The molecule has 25 heavy (non-hydrogen) atoms. The van der Waals surface area contributed by atoms with Gasteiger partial charge in [0.1, 0.15) is 0 Å². The van der Waals surface area contributed by atoms with Gasteiger partial charge >= 0.3 is 5.97 Å². The fourth-order valence-electron chi connectivity index (χ4n) is 2.21. The van der Waals surface area contributed by atoms with Gasteiger partial charge in [0.25, 0.3) is 0 Å². The summed E-state index contributed by atoms with van der Waals surface area (Å²) in [6.45, 7) is 3.02. The number of rotatable bonds is 10. The number of hydrogen-bond donors (Lipinski definition) is 2. The molecule has 1 aromatic rings. The molecule has 0 fully saturated rings. The van der Waals surface area contributed by atoms with Crippen molar-refractivity contribution >= 4 is 30.0 Å². The summed E-state index contributed by atoms with van der Waals surface area (Å²) in [6, 6.07) is 1.70. The highest BCUT2D eigenvalue weighted by atomic mass is 35.5. The minimum atomic E-state index is -1.63. The van der Waals surface area contributed by atoms with E-state index in [-0.39, 0.29) is 25.4 Å². The number of nitrogens with one attached hydrogen (secondary N) is 1. The van der Waals surface area contributed by atoms with Crippen molar-refractivity contribution in [1.82, 2.24) is 4.90 Å². The van der Waals surface area contributed by atoms with Crippen LogP contribution in [0.2, 0.25) is 0 Å². The van der Waals surface area contributed by atoms with Gasteiger partial charge in [-0.25, -0.2) is 13.2 Å². The van der Waals surface area contributed by atoms with Gasteiger partial charge in [0, 0.05) is 6.42 Å². The van der Waals surface area contributed by atoms with Crippen LogP contribution in [0.25, 0.3) is 0 Å². The van der Waals surface area contributed by atoms with Gasteiger partial charge in [-0.2, -0.15) is 0 Å². The number of unbranched alkanes of at least 4 members (excludes halogenated alkanes) is 1. The number of carbonyl (C=O) groups is 2. The Hall–Kier alpha value is -1.80. The molecule has 142 valence electrons.